The molecule has 1 aliphatic carbocycles. The van der Waals surface area contributed by atoms with Gasteiger partial charge in [-0.15, -0.1) is 0 Å². The Morgan fingerprint density at radius 2 is 1.73 bits per heavy atom. The van der Waals surface area contributed by atoms with Gasteiger partial charge in [0.2, 0.25) is 0 Å². The summed E-state index contributed by atoms with van der Waals surface area (Å²) < 4.78 is 41.2. The average Bonchev–Trinajstić information content (AvgIpc) is 3.83. The zero-order chi connectivity index (χ0) is 41.2. The van der Waals surface area contributed by atoms with E-state index in [0.717, 1.165) is 66.9 Å². The monoisotopic (exact) mass is 826 g/mol. The van der Waals surface area contributed by atoms with Gasteiger partial charge in [-0.1, -0.05) is 48.5 Å². The summed E-state index contributed by atoms with van der Waals surface area (Å²) in [4.78, 5) is 35.0. The molecule has 3 aliphatic rings. The Morgan fingerprint density at radius 1 is 0.917 bits per heavy atom. The van der Waals surface area contributed by atoms with Gasteiger partial charge in [0, 0.05) is 50.0 Å². The van der Waals surface area contributed by atoms with Crippen molar-refractivity contribution < 1.29 is 27.6 Å². The molecule has 60 heavy (non-hydrogen) atoms. The molecular formula is C46H46N6O7S. The molecule has 0 bridgehead atoms. The quantitative estimate of drug-likeness (QED) is 0.0712. The molecule has 308 valence electrons. The van der Waals surface area contributed by atoms with Gasteiger partial charge in [0.15, 0.2) is 0 Å². The first-order valence-corrected chi connectivity index (χ1v) is 22.0. The molecular weight excluding hydrogens is 781 g/mol. The second-order valence-electron chi connectivity index (χ2n) is 15.9. The van der Waals surface area contributed by atoms with E-state index < -0.39 is 31.4 Å². The molecule has 14 heteroatoms. The molecule has 4 aromatic carbocycles. The van der Waals surface area contributed by atoms with Crippen LogP contribution in [-0.2, 0) is 21.3 Å². The molecule has 1 amide bonds. The predicted octanol–water partition coefficient (Wildman–Crippen LogP) is 9.10. The Morgan fingerprint density at radius 3 is 2.55 bits per heavy atom. The van der Waals surface area contributed by atoms with Crippen LogP contribution in [-0.4, -0.2) is 60.4 Å². The number of amides is 1. The van der Waals surface area contributed by atoms with E-state index in [1.807, 2.05) is 18.2 Å². The number of aromatic nitrogens is 2. The number of carbonyl (C=O) groups is 1. The third-order valence-electron chi connectivity index (χ3n) is 11.8. The number of anilines is 1. The number of nitrogens with one attached hydrogen (secondary N) is 3. The highest BCUT2D eigenvalue weighted by molar-refractivity contribution is 7.90. The Hall–Kier alpha value is -6.09. The number of nitrogens with zero attached hydrogens (tertiary/aromatic N) is 3. The van der Waals surface area contributed by atoms with Crippen LogP contribution in [0.5, 0.6) is 11.5 Å². The van der Waals surface area contributed by atoms with E-state index in [9.17, 15) is 23.3 Å². The van der Waals surface area contributed by atoms with E-state index in [1.165, 1.54) is 48.4 Å². The number of aromatic amines is 1. The van der Waals surface area contributed by atoms with Gasteiger partial charge in [-0.3, -0.25) is 19.8 Å². The topological polar surface area (TPSA) is 169 Å². The summed E-state index contributed by atoms with van der Waals surface area (Å²) in [6.45, 7) is 3.54. The second-order valence-corrected chi connectivity index (χ2v) is 17.6. The number of benzene rings is 4. The Labute approximate surface area is 348 Å². The van der Waals surface area contributed by atoms with Crippen LogP contribution in [0.2, 0.25) is 0 Å². The number of pyridine rings is 1. The summed E-state index contributed by atoms with van der Waals surface area (Å²) in [6, 6.07) is 29.8. The third-order valence-corrected chi connectivity index (χ3v) is 13.2. The molecule has 6 aromatic rings. The molecule has 2 saturated heterocycles. The van der Waals surface area contributed by atoms with Crippen LogP contribution in [0, 0.1) is 16.0 Å². The average molecular weight is 827 g/mol. The number of nitro groups is 1. The second kappa shape index (κ2) is 16.9. The van der Waals surface area contributed by atoms with Crippen molar-refractivity contribution in [1.29, 1.82) is 0 Å². The number of nitro benzene ring substituents is 1. The van der Waals surface area contributed by atoms with Crippen LogP contribution < -0.4 is 14.8 Å². The van der Waals surface area contributed by atoms with Crippen LogP contribution in [0.4, 0.5) is 11.4 Å². The van der Waals surface area contributed by atoms with Crippen LogP contribution >= 0.6 is 0 Å². The number of rotatable bonds is 14. The summed E-state index contributed by atoms with van der Waals surface area (Å²) in [5.74, 6) is 0.443. The molecule has 3 fully saturated rings. The number of ether oxygens (including phenoxy) is 2. The van der Waals surface area contributed by atoms with E-state index in [-0.39, 0.29) is 22.9 Å². The Bertz CT molecular complexity index is 2670. The van der Waals surface area contributed by atoms with Crippen molar-refractivity contribution in [2.75, 3.05) is 31.6 Å². The van der Waals surface area contributed by atoms with E-state index in [1.54, 1.807) is 24.4 Å². The maximum atomic E-state index is 13.9. The van der Waals surface area contributed by atoms with Crippen molar-refractivity contribution in [2.24, 2.45) is 5.92 Å². The van der Waals surface area contributed by atoms with Gasteiger partial charge in [-0.25, -0.2) is 18.1 Å². The first kappa shape index (κ1) is 39.4. The van der Waals surface area contributed by atoms with E-state index in [0.29, 0.717) is 43.1 Å². The first-order valence-electron chi connectivity index (χ1n) is 20.5. The summed E-state index contributed by atoms with van der Waals surface area (Å²) in [7, 11) is -4.56. The minimum absolute atomic E-state index is 0.0499. The highest BCUT2D eigenvalue weighted by atomic mass is 32.2. The van der Waals surface area contributed by atoms with Crippen LogP contribution in [0.15, 0.2) is 114 Å². The lowest BCUT2D eigenvalue weighted by Crippen LogP contribution is -2.31. The van der Waals surface area contributed by atoms with E-state index >= 15 is 0 Å². The molecule has 0 spiro atoms. The van der Waals surface area contributed by atoms with Crippen LogP contribution in [0.1, 0.15) is 77.5 Å². The molecule has 4 heterocycles. The molecule has 2 aromatic heterocycles. The largest absolute Gasteiger partial charge is 0.455 e. The first-order chi connectivity index (χ1) is 29.2. The number of sulfonamides is 1. The lowest BCUT2D eigenvalue weighted by atomic mass is 9.95. The lowest BCUT2D eigenvalue weighted by Gasteiger charge is -2.27. The van der Waals surface area contributed by atoms with E-state index in [4.69, 9.17) is 9.47 Å². The fourth-order valence-corrected chi connectivity index (χ4v) is 9.51. The summed E-state index contributed by atoms with van der Waals surface area (Å²) >= 11 is 0. The van der Waals surface area contributed by atoms with Gasteiger partial charge in [0.05, 0.1) is 21.6 Å². The maximum Gasteiger partial charge on any atom is 0.293 e. The van der Waals surface area contributed by atoms with Gasteiger partial charge < -0.3 is 19.8 Å². The highest BCUT2D eigenvalue weighted by Gasteiger charge is 2.33. The zero-order valence-corrected chi connectivity index (χ0v) is 33.8. The van der Waals surface area contributed by atoms with Crippen molar-refractivity contribution in [1.82, 2.24) is 19.6 Å². The van der Waals surface area contributed by atoms with Crippen molar-refractivity contribution >= 4 is 38.3 Å². The van der Waals surface area contributed by atoms with Gasteiger partial charge in [0.1, 0.15) is 22.8 Å². The van der Waals surface area contributed by atoms with Gasteiger partial charge in [-0.05, 0) is 127 Å². The molecule has 2 aliphatic heterocycles. The number of carbonyl (C=O) groups excluding carboxylic acids is 1. The van der Waals surface area contributed by atoms with Gasteiger partial charge in [0.25, 0.3) is 21.6 Å². The number of likely N-dealkylation sites (tertiary alicyclic amines) is 1. The molecule has 0 radical (unpaired) electrons. The summed E-state index contributed by atoms with van der Waals surface area (Å²) in [5.41, 5.74) is 6.15. The van der Waals surface area contributed by atoms with Crippen molar-refractivity contribution in [3.05, 3.63) is 142 Å². The zero-order valence-electron chi connectivity index (χ0n) is 33.0. The fraction of sp³-hybridized carbons (Fsp3) is 0.304. The SMILES string of the molecule is O=C(NS(=O)(=O)c1ccc(NCC2CCOCC2)c([N+](=O)[O-])c1)c1ccc(-c2cccc(CN3CCCC3c3ccccc3C3CC3)c2)cc1Oc1cnc2[nH]ccc2c1. The van der Waals surface area contributed by atoms with Crippen LogP contribution in [0.3, 0.4) is 0 Å². The molecule has 3 N–H and O–H groups in total. The Balaban J connectivity index is 0.979. The Kier molecular flexibility index (Phi) is 11.1. The maximum absolute atomic E-state index is 13.9. The van der Waals surface area contributed by atoms with Gasteiger partial charge >= 0.3 is 0 Å². The number of fused-ring (bicyclic) bond motifs is 1. The van der Waals surface area contributed by atoms with Crippen molar-refractivity contribution in [3.8, 4) is 22.6 Å². The van der Waals surface area contributed by atoms with E-state index in [2.05, 4.69) is 61.3 Å². The number of hydrogen-bond acceptors (Lipinski definition) is 10. The summed E-state index contributed by atoms with van der Waals surface area (Å²) in [5, 5.41) is 16.0. The minimum atomic E-state index is -4.56. The molecule has 1 unspecified atom stereocenters. The molecule has 1 atom stereocenters. The van der Waals surface area contributed by atoms with Crippen LogP contribution in [0.25, 0.3) is 22.2 Å². The predicted molar refractivity (Wildman–Crippen MR) is 229 cm³/mol. The standard InChI is InChI=1S/C46H46N6O7S/c53-46(50-60(56,57)37-13-15-41(43(26-37)52(54)55)48-27-30-17-21-58-22-18-30)40-14-12-34(25-44(40)59-36-24-35-16-19-47-45(35)49-28-36)33-6-3-5-31(23-33)29-51-20-4-9-42(51)39-8-2-1-7-38(39)32-10-11-32/h1-3,5-8,12-16,19,23-26,28,30,32,42,48H,4,9-11,17-18,20-22,27,29H2,(H,47,49)(H,50,53). The normalized spacial score (nSPS) is 17.4. The number of H-pyrrole nitrogens is 1. The molecule has 9 rings (SSSR count). The number of hydrogen-bond donors (Lipinski definition) is 3. The smallest absolute Gasteiger partial charge is 0.293 e. The molecule has 1 saturated carbocycles. The third kappa shape index (κ3) is 8.62. The van der Waals surface area contributed by atoms with Gasteiger partial charge in [-0.2, -0.15) is 0 Å². The molecule has 13 nitrogen and oxygen atoms in total. The fourth-order valence-electron chi connectivity index (χ4n) is 8.53. The van der Waals surface area contributed by atoms with Crippen molar-refractivity contribution in [2.45, 2.75) is 61.9 Å². The minimum Gasteiger partial charge on any atom is -0.455 e. The summed E-state index contributed by atoms with van der Waals surface area (Å²) in [6.07, 6.45) is 9.73. The highest BCUT2D eigenvalue weighted by Crippen LogP contribution is 2.46. The lowest BCUT2D eigenvalue weighted by molar-refractivity contribution is -0.384. The van der Waals surface area contributed by atoms with Crippen molar-refractivity contribution in [3.63, 3.8) is 0 Å².